The van der Waals surface area contributed by atoms with Crippen LogP contribution in [0.1, 0.15) is 40.2 Å². The van der Waals surface area contributed by atoms with Crippen molar-refractivity contribution in [2.75, 3.05) is 32.7 Å². The molecule has 0 heterocycles. The number of rotatable bonds is 11. The maximum atomic E-state index is 12.9. The minimum Gasteiger partial charge on any atom is -0.357 e. The molecule has 166 valence electrons. The Hall–Kier alpha value is -1.42. The molecule has 1 aromatic rings. The van der Waals surface area contributed by atoms with E-state index in [-0.39, 0.29) is 42.1 Å². The Kier molecular flexibility index (Phi) is 14.7. The molecule has 29 heavy (non-hydrogen) atoms. The number of benzene rings is 1. The van der Waals surface area contributed by atoms with Crippen LogP contribution in [-0.2, 0) is 11.2 Å². The highest BCUT2D eigenvalue weighted by atomic mass is 127. The summed E-state index contributed by atoms with van der Waals surface area (Å²) in [5, 5.41) is 9.32. The monoisotopic (exact) mass is 521 g/mol. The second-order valence-electron chi connectivity index (χ2n) is 7.27. The van der Waals surface area contributed by atoms with E-state index in [0.29, 0.717) is 31.7 Å². The molecule has 0 spiro atoms. The van der Waals surface area contributed by atoms with Crippen LogP contribution in [0.4, 0.5) is 4.39 Å². The molecule has 1 aromatic carbocycles. The SMILES string of the molecule is CCNC(=NCCN(C(C)C)C(C)C)NCCNC(=O)Cc1ccc(F)cc1.I. The topological polar surface area (TPSA) is 68.8 Å². The third-order valence-electron chi connectivity index (χ3n) is 4.32. The lowest BCUT2D eigenvalue weighted by atomic mass is 10.1. The van der Waals surface area contributed by atoms with Crippen LogP contribution >= 0.6 is 24.0 Å². The van der Waals surface area contributed by atoms with Gasteiger partial charge in [0.2, 0.25) is 5.91 Å². The largest absolute Gasteiger partial charge is 0.357 e. The molecule has 8 heteroatoms. The van der Waals surface area contributed by atoms with E-state index in [0.717, 1.165) is 24.6 Å². The Morgan fingerprint density at radius 3 is 2.17 bits per heavy atom. The van der Waals surface area contributed by atoms with Gasteiger partial charge in [-0.05, 0) is 52.3 Å². The van der Waals surface area contributed by atoms with Gasteiger partial charge in [0.25, 0.3) is 0 Å². The third kappa shape index (κ3) is 12.0. The van der Waals surface area contributed by atoms with Gasteiger partial charge in [0.05, 0.1) is 13.0 Å². The van der Waals surface area contributed by atoms with E-state index in [4.69, 9.17) is 0 Å². The first-order valence-electron chi connectivity index (χ1n) is 10.1. The van der Waals surface area contributed by atoms with Crippen molar-refractivity contribution in [2.24, 2.45) is 4.99 Å². The second-order valence-corrected chi connectivity index (χ2v) is 7.27. The summed E-state index contributed by atoms with van der Waals surface area (Å²) in [7, 11) is 0. The van der Waals surface area contributed by atoms with Crippen LogP contribution in [0.15, 0.2) is 29.3 Å². The lowest BCUT2D eigenvalue weighted by molar-refractivity contribution is -0.120. The molecule has 0 fully saturated rings. The summed E-state index contributed by atoms with van der Waals surface area (Å²) in [6.07, 6.45) is 0.245. The number of amides is 1. The Balaban J connectivity index is 0.00000784. The Bertz CT molecular complexity index is 600. The van der Waals surface area contributed by atoms with E-state index in [9.17, 15) is 9.18 Å². The molecule has 0 saturated carbocycles. The summed E-state index contributed by atoms with van der Waals surface area (Å²) < 4.78 is 12.9. The van der Waals surface area contributed by atoms with Crippen LogP contribution < -0.4 is 16.0 Å². The van der Waals surface area contributed by atoms with Gasteiger partial charge in [-0.25, -0.2) is 4.39 Å². The Morgan fingerprint density at radius 1 is 1.03 bits per heavy atom. The Morgan fingerprint density at radius 2 is 1.62 bits per heavy atom. The predicted octanol–water partition coefficient (Wildman–Crippen LogP) is 2.78. The van der Waals surface area contributed by atoms with Crippen LogP contribution in [0.25, 0.3) is 0 Å². The highest BCUT2D eigenvalue weighted by Crippen LogP contribution is 2.04. The van der Waals surface area contributed by atoms with Crippen LogP contribution in [0, 0.1) is 5.82 Å². The average Bonchev–Trinajstić information content (AvgIpc) is 2.63. The quantitative estimate of drug-likeness (QED) is 0.181. The van der Waals surface area contributed by atoms with Crippen molar-refractivity contribution >= 4 is 35.8 Å². The number of halogens is 2. The molecule has 0 aliphatic carbocycles. The predicted molar refractivity (Wildman–Crippen MR) is 129 cm³/mol. The number of hydrogen-bond donors (Lipinski definition) is 3. The highest BCUT2D eigenvalue weighted by Gasteiger charge is 2.12. The van der Waals surface area contributed by atoms with E-state index in [1.165, 1.54) is 12.1 Å². The molecule has 0 unspecified atom stereocenters. The zero-order valence-corrected chi connectivity index (χ0v) is 20.6. The maximum Gasteiger partial charge on any atom is 0.224 e. The summed E-state index contributed by atoms with van der Waals surface area (Å²) in [4.78, 5) is 19.0. The van der Waals surface area contributed by atoms with Crippen molar-refractivity contribution in [1.29, 1.82) is 0 Å². The minimum atomic E-state index is -0.298. The lowest BCUT2D eigenvalue weighted by Crippen LogP contribution is -2.43. The van der Waals surface area contributed by atoms with E-state index in [1.807, 2.05) is 6.92 Å². The number of carbonyl (C=O) groups is 1. The molecule has 6 nitrogen and oxygen atoms in total. The van der Waals surface area contributed by atoms with Crippen molar-refractivity contribution in [3.05, 3.63) is 35.6 Å². The molecule has 0 saturated heterocycles. The van der Waals surface area contributed by atoms with Crippen molar-refractivity contribution in [3.8, 4) is 0 Å². The fourth-order valence-corrected chi connectivity index (χ4v) is 2.96. The van der Waals surface area contributed by atoms with Gasteiger partial charge in [0, 0.05) is 38.3 Å². The zero-order valence-electron chi connectivity index (χ0n) is 18.3. The molecule has 1 amide bonds. The molecule has 3 N–H and O–H groups in total. The molecule has 1 rings (SSSR count). The van der Waals surface area contributed by atoms with Gasteiger partial charge in [0.1, 0.15) is 5.82 Å². The molecule has 0 radical (unpaired) electrons. The summed E-state index contributed by atoms with van der Waals surface area (Å²) >= 11 is 0. The maximum absolute atomic E-state index is 12.9. The highest BCUT2D eigenvalue weighted by molar-refractivity contribution is 14.0. The van der Waals surface area contributed by atoms with Crippen molar-refractivity contribution in [1.82, 2.24) is 20.9 Å². The van der Waals surface area contributed by atoms with Crippen LogP contribution in [-0.4, -0.2) is 61.6 Å². The molecular formula is C21H37FIN5O. The van der Waals surface area contributed by atoms with Crippen molar-refractivity contribution < 1.29 is 9.18 Å². The third-order valence-corrected chi connectivity index (χ3v) is 4.32. The minimum absolute atomic E-state index is 0. The zero-order chi connectivity index (χ0) is 20.9. The van der Waals surface area contributed by atoms with Gasteiger partial charge < -0.3 is 16.0 Å². The lowest BCUT2D eigenvalue weighted by Gasteiger charge is -2.29. The molecule has 0 bridgehead atoms. The van der Waals surface area contributed by atoms with E-state index < -0.39 is 0 Å². The second kappa shape index (κ2) is 15.4. The first-order valence-corrected chi connectivity index (χ1v) is 10.1. The number of nitrogens with one attached hydrogen (secondary N) is 3. The molecular weight excluding hydrogens is 484 g/mol. The fraction of sp³-hybridized carbons (Fsp3) is 0.619. The van der Waals surface area contributed by atoms with E-state index in [1.54, 1.807) is 12.1 Å². The average molecular weight is 521 g/mol. The van der Waals surface area contributed by atoms with Crippen LogP contribution in [0.2, 0.25) is 0 Å². The van der Waals surface area contributed by atoms with Gasteiger partial charge in [0.15, 0.2) is 5.96 Å². The van der Waals surface area contributed by atoms with Gasteiger partial charge in [-0.3, -0.25) is 14.7 Å². The van der Waals surface area contributed by atoms with Crippen molar-refractivity contribution in [2.45, 2.75) is 53.1 Å². The summed E-state index contributed by atoms with van der Waals surface area (Å²) in [5.41, 5.74) is 0.793. The molecule has 0 atom stereocenters. The standard InChI is InChI=1S/C21H36FN5O.HI/c1-6-23-21(26-13-14-27(16(2)3)17(4)5)25-12-11-24-20(28)15-18-7-9-19(22)10-8-18;/h7-10,16-17H,6,11-15H2,1-5H3,(H,24,28)(H2,23,25,26);1H. The van der Waals surface area contributed by atoms with Crippen LogP contribution in [0.3, 0.4) is 0 Å². The number of hydrogen-bond acceptors (Lipinski definition) is 3. The smallest absolute Gasteiger partial charge is 0.224 e. The number of guanidine groups is 1. The first-order chi connectivity index (χ1) is 13.3. The van der Waals surface area contributed by atoms with E-state index >= 15 is 0 Å². The molecule has 0 aromatic heterocycles. The molecule has 0 aliphatic rings. The number of aliphatic imine (C=N–C) groups is 1. The van der Waals surface area contributed by atoms with Crippen molar-refractivity contribution in [3.63, 3.8) is 0 Å². The van der Waals surface area contributed by atoms with Gasteiger partial charge in [-0.15, -0.1) is 24.0 Å². The van der Waals surface area contributed by atoms with Gasteiger partial charge in [-0.1, -0.05) is 12.1 Å². The molecule has 0 aliphatic heterocycles. The summed E-state index contributed by atoms with van der Waals surface area (Å²) in [6.45, 7) is 14.3. The van der Waals surface area contributed by atoms with Crippen LogP contribution in [0.5, 0.6) is 0 Å². The number of nitrogens with zero attached hydrogens (tertiary/aromatic N) is 2. The van der Waals surface area contributed by atoms with E-state index in [2.05, 4.69) is 53.5 Å². The first kappa shape index (κ1) is 27.6. The Labute approximate surface area is 192 Å². The van der Waals surface area contributed by atoms with Gasteiger partial charge >= 0.3 is 0 Å². The summed E-state index contributed by atoms with van der Waals surface area (Å²) in [6, 6.07) is 6.96. The van der Waals surface area contributed by atoms with Gasteiger partial charge in [-0.2, -0.15) is 0 Å². The summed E-state index contributed by atoms with van der Waals surface area (Å²) in [5.74, 6) is 0.371. The normalized spacial score (nSPS) is 11.6. The fourth-order valence-electron chi connectivity index (χ4n) is 2.96. The number of carbonyl (C=O) groups excluding carboxylic acids is 1.